The van der Waals surface area contributed by atoms with Crippen molar-refractivity contribution in [2.45, 2.75) is 45.3 Å². The first-order chi connectivity index (χ1) is 8.02. The van der Waals surface area contributed by atoms with Crippen LogP contribution in [0.2, 0.25) is 0 Å². The van der Waals surface area contributed by atoms with Gasteiger partial charge in [-0.1, -0.05) is 26.0 Å². The summed E-state index contributed by atoms with van der Waals surface area (Å²) in [5.74, 6) is -1.29. The second-order valence-corrected chi connectivity index (χ2v) is 4.93. The van der Waals surface area contributed by atoms with E-state index in [2.05, 4.69) is 10.3 Å². The molecule has 0 spiro atoms. The Morgan fingerprint density at radius 2 is 1.89 bits per heavy atom. The van der Waals surface area contributed by atoms with Crippen molar-refractivity contribution in [2.24, 2.45) is 0 Å². The van der Waals surface area contributed by atoms with Gasteiger partial charge in [-0.25, -0.2) is 9.48 Å². The van der Waals surface area contributed by atoms with E-state index < -0.39 is 30.5 Å². The Morgan fingerprint density at radius 1 is 1.33 bits per heavy atom. The van der Waals surface area contributed by atoms with Gasteiger partial charge in [-0.2, -0.15) is 13.2 Å². The van der Waals surface area contributed by atoms with Gasteiger partial charge in [0.25, 0.3) is 0 Å². The minimum Gasteiger partial charge on any atom is -0.476 e. The molecule has 1 heterocycles. The first-order valence-electron chi connectivity index (χ1n) is 5.26. The Bertz CT molecular complexity index is 446. The number of rotatable bonds is 3. The van der Waals surface area contributed by atoms with E-state index in [1.807, 2.05) is 0 Å². The van der Waals surface area contributed by atoms with Gasteiger partial charge in [-0.05, 0) is 0 Å². The van der Waals surface area contributed by atoms with Gasteiger partial charge in [0.2, 0.25) is 0 Å². The lowest BCUT2D eigenvalue weighted by Gasteiger charge is -2.20. The molecule has 0 aromatic carbocycles. The fourth-order valence-corrected chi connectivity index (χ4v) is 1.59. The van der Waals surface area contributed by atoms with Gasteiger partial charge >= 0.3 is 12.1 Å². The number of carboxylic acids is 1. The Kier molecular flexibility index (Phi) is 3.68. The molecule has 0 fully saturated rings. The Balaban J connectivity index is 3.10. The molecule has 18 heavy (non-hydrogen) atoms. The molecular formula is C10H14F3N3O2. The van der Waals surface area contributed by atoms with Crippen LogP contribution in [0.15, 0.2) is 0 Å². The number of carboxylic acid groups (broad SMARTS) is 1. The number of carbonyl (C=O) groups is 1. The Labute approximate surface area is 102 Å². The maximum Gasteiger partial charge on any atom is 0.390 e. The lowest BCUT2D eigenvalue weighted by Crippen LogP contribution is -2.23. The zero-order valence-electron chi connectivity index (χ0n) is 10.2. The first-order valence-corrected chi connectivity index (χ1v) is 5.26. The summed E-state index contributed by atoms with van der Waals surface area (Å²) in [5, 5.41) is 15.9. The standard InChI is InChI=1S/C10H14F3N3O2/c1-9(2,3)7-6(8(17)18)14-15-16(7)5-4-10(11,12)13/h4-5H2,1-3H3,(H,17,18). The normalized spacial score (nSPS) is 12.8. The third-order valence-corrected chi connectivity index (χ3v) is 2.26. The summed E-state index contributed by atoms with van der Waals surface area (Å²) in [7, 11) is 0. The number of hydrogen-bond acceptors (Lipinski definition) is 3. The maximum atomic E-state index is 12.2. The van der Waals surface area contributed by atoms with E-state index in [9.17, 15) is 18.0 Å². The SMILES string of the molecule is CC(C)(C)c1c(C(=O)O)nnn1CCC(F)(F)F. The van der Waals surface area contributed by atoms with Gasteiger partial charge in [0.05, 0.1) is 18.7 Å². The number of aromatic nitrogens is 3. The molecule has 1 rings (SSSR count). The van der Waals surface area contributed by atoms with Crippen LogP contribution in [0.5, 0.6) is 0 Å². The van der Waals surface area contributed by atoms with E-state index >= 15 is 0 Å². The van der Waals surface area contributed by atoms with E-state index in [0.717, 1.165) is 4.68 Å². The quantitative estimate of drug-likeness (QED) is 0.909. The second-order valence-electron chi connectivity index (χ2n) is 4.93. The molecule has 1 aromatic heterocycles. The van der Waals surface area contributed by atoms with Crippen LogP contribution in [0.3, 0.4) is 0 Å². The molecule has 0 bridgehead atoms. The number of nitrogens with zero attached hydrogens (tertiary/aromatic N) is 3. The third kappa shape index (κ3) is 3.44. The van der Waals surface area contributed by atoms with Crippen molar-refractivity contribution in [3.63, 3.8) is 0 Å². The summed E-state index contributed by atoms with van der Waals surface area (Å²) in [6.07, 6.45) is -5.39. The van der Waals surface area contributed by atoms with Gasteiger partial charge < -0.3 is 5.11 Å². The molecule has 0 atom stereocenters. The largest absolute Gasteiger partial charge is 0.476 e. The Morgan fingerprint density at radius 3 is 2.28 bits per heavy atom. The van der Waals surface area contributed by atoms with Gasteiger partial charge in [0.15, 0.2) is 5.69 Å². The molecule has 8 heteroatoms. The third-order valence-electron chi connectivity index (χ3n) is 2.26. The van der Waals surface area contributed by atoms with E-state index in [1.165, 1.54) is 0 Å². The molecule has 0 aliphatic rings. The molecule has 0 amide bonds. The molecule has 1 N–H and O–H groups in total. The molecule has 0 aliphatic heterocycles. The summed E-state index contributed by atoms with van der Waals surface area (Å²) < 4.78 is 37.5. The highest BCUT2D eigenvalue weighted by Crippen LogP contribution is 2.26. The molecule has 102 valence electrons. The fourth-order valence-electron chi connectivity index (χ4n) is 1.59. The van der Waals surface area contributed by atoms with Crippen molar-refractivity contribution in [3.05, 3.63) is 11.4 Å². The van der Waals surface area contributed by atoms with Crippen molar-refractivity contribution >= 4 is 5.97 Å². The molecule has 0 saturated heterocycles. The van der Waals surface area contributed by atoms with Crippen LogP contribution in [0.1, 0.15) is 43.4 Å². The zero-order chi connectivity index (χ0) is 14.1. The molecule has 5 nitrogen and oxygen atoms in total. The lowest BCUT2D eigenvalue weighted by molar-refractivity contribution is -0.137. The number of aromatic carboxylic acids is 1. The number of halogens is 3. The summed E-state index contributed by atoms with van der Waals surface area (Å²) in [6, 6.07) is 0. The van der Waals surface area contributed by atoms with Crippen molar-refractivity contribution in [3.8, 4) is 0 Å². The predicted molar refractivity (Wildman–Crippen MR) is 56.4 cm³/mol. The van der Waals surface area contributed by atoms with Gasteiger partial charge in [-0.15, -0.1) is 5.10 Å². The van der Waals surface area contributed by atoms with Crippen molar-refractivity contribution in [1.82, 2.24) is 15.0 Å². The molecule has 0 unspecified atom stereocenters. The maximum absolute atomic E-state index is 12.2. The monoisotopic (exact) mass is 265 g/mol. The van der Waals surface area contributed by atoms with Crippen molar-refractivity contribution < 1.29 is 23.1 Å². The highest BCUT2D eigenvalue weighted by molar-refractivity contribution is 5.86. The second kappa shape index (κ2) is 4.58. The number of hydrogen-bond donors (Lipinski definition) is 1. The van der Waals surface area contributed by atoms with Crippen LogP contribution in [-0.4, -0.2) is 32.2 Å². The minimum atomic E-state index is -4.31. The number of alkyl halides is 3. The molecule has 0 saturated carbocycles. The van der Waals surface area contributed by atoms with Crippen molar-refractivity contribution in [1.29, 1.82) is 0 Å². The van der Waals surface area contributed by atoms with Gasteiger partial charge in [-0.3, -0.25) is 0 Å². The Hall–Kier alpha value is -1.60. The molecule has 0 radical (unpaired) electrons. The average molecular weight is 265 g/mol. The van der Waals surface area contributed by atoms with Crippen molar-refractivity contribution in [2.75, 3.05) is 0 Å². The topological polar surface area (TPSA) is 68.0 Å². The average Bonchev–Trinajstić information content (AvgIpc) is 2.56. The summed E-state index contributed by atoms with van der Waals surface area (Å²) in [5.41, 5.74) is -0.757. The van der Waals surface area contributed by atoms with Gasteiger partial charge in [0, 0.05) is 5.41 Å². The van der Waals surface area contributed by atoms with Gasteiger partial charge in [0.1, 0.15) is 0 Å². The van der Waals surface area contributed by atoms with E-state index in [4.69, 9.17) is 5.11 Å². The molecule has 1 aromatic rings. The molecule has 0 aliphatic carbocycles. The highest BCUT2D eigenvalue weighted by atomic mass is 19.4. The van der Waals surface area contributed by atoms with Crippen LogP contribution in [0.25, 0.3) is 0 Å². The highest BCUT2D eigenvalue weighted by Gasteiger charge is 2.32. The van der Waals surface area contributed by atoms with E-state index in [-0.39, 0.29) is 11.4 Å². The van der Waals surface area contributed by atoms with E-state index in [0.29, 0.717) is 0 Å². The number of aryl methyl sites for hydroxylation is 1. The minimum absolute atomic E-state index is 0.194. The summed E-state index contributed by atoms with van der Waals surface area (Å²) in [4.78, 5) is 10.9. The van der Waals surface area contributed by atoms with Crippen LogP contribution < -0.4 is 0 Å². The summed E-state index contributed by atoms with van der Waals surface area (Å²) in [6.45, 7) is 4.66. The predicted octanol–water partition coefficient (Wildman–Crippen LogP) is 2.23. The van der Waals surface area contributed by atoms with Crippen LogP contribution in [0, 0.1) is 0 Å². The fraction of sp³-hybridized carbons (Fsp3) is 0.700. The summed E-state index contributed by atoms with van der Waals surface area (Å²) >= 11 is 0. The lowest BCUT2D eigenvalue weighted by atomic mass is 9.90. The first kappa shape index (κ1) is 14.5. The molecular weight excluding hydrogens is 251 g/mol. The van der Waals surface area contributed by atoms with Crippen LogP contribution >= 0.6 is 0 Å². The van der Waals surface area contributed by atoms with E-state index in [1.54, 1.807) is 20.8 Å². The smallest absolute Gasteiger partial charge is 0.390 e. The van der Waals surface area contributed by atoms with Crippen LogP contribution in [0.4, 0.5) is 13.2 Å². The van der Waals surface area contributed by atoms with Crippen LogP contribution in [-0.2, 0) is 12.0 Å². The zero-order valence-corrected chi connectivity index (χ0v) is 10.2.